The van der Waals surface area contributed by atoms with Gasteiger partial charge in [-0.05, 0) is 51.7 Å². The molecule has 1 amide bonds. The van der Waals surface area contributed by atoms with E-state index in [0.29, 0.717) is 47.9 Å². The summed E-state index contributed by atoms with van der Waals surface area (Å²) in [6.45, 7) is 4.63. The largest absolute Gasteiger partial charge is 0.372 e. The van der Waals surface area contributed by atoms with Crippen LogP contribution in [0.15, 0.2) is 29.4 Å². The van der Waals surface area contributed by atoms with Gasteiger partial charge in [0.1, 0.15) is 12.4 Å². The van der Waals surface area contributed by atoms with Crippen LogP contribution in [0, 0.1) is 0 Å². The molecule has 1 aromatic carbocycles. The van der Waals surface area contributed by atoms with E-state index in [1.807, 2.05) is 6.92 Å². The van der Waals surface area contributed by atoms with Crippen molar-refractivity contribution in [2.24, 2.45) is 0 Å². The first kappa shape index (κ1) is 28.0. The Bertz CT molecular complexity index is 1750. The second kappa shape index (κ2) is 10.3. The summed E-state index contributed by atoms with van der Waals surface area (Å²) < 4.78 is 62.9. The first-order chi connectivity index (χ1) is 19.5. The predicted octanol–water partition coefficient (Wildman–Crippen LogP) is 3.93. The van der Waals surface area contributed by atoms with E-state index in [1.54, 1.807) is 22.5 Å². The van der Waals surface area contributed by atoms with Crippen molar-refractivity contribution in [3.05, 3.63) is 35.2 Å². The van der Waals surface area contributed by atoms with E-state index in [2.05, 4.69) is 24.9 Å². The lowest BCUT2D eigenvalue weighted by molar-refractivity contribution is -0.142. The van der Waals surface area contributed by atoms with Crippen molar-refractivity contribution in [2.45, 2.75) is 68.4 Å². The third-order valence-corrected chi connectivity index (χ3v) is 10.5. The zero-order chi connectivity index (χ0) is 29.1. The summed E-state index contributed by atoms with van der Waals surface area (Å²) >= 11 is 0.721. The van der Waals surface area contributed by atoms with E-state index in [-0.39, 0.29) is 21.9 Å². The van der Waals surface area contributed by atoms with Gasteiger partial charge in [-0.1, -0.05) is 17.4 Å². The first-order valence-corrected chi connectivity index (χ1v) is 15.6. The Kier molecular flexibility index (Phi) is 7.03. The molecule has 1 atom stereocenters. The number of nitrogens with zero attached hydrogens (tertiary/aromatic N) is 6. The SMILES string of the molecule is COC(C)C(=O)N1CCC(c2ncnc3c2c2ccc(S(=O)(=O)NC4(C)CC4)cc2n3-c2nnc(C(F)F)s2)CC1. The highest BCUT2D eigenvalue weighted by molar-refractivity contribution is 7.89. The number of carbonyl (C=O) groups excluding carboxylic acids is 1. The van der Waals surface area contributed by atoms with Crippen molar-refractivity contribution >= 4 is 49.2 Å². The summed E-state index contributed by atoms with van der Waals surface area (Å²) in [5.41, 5.74) is 1.15. The summed E-state index contributed by atoms with van der Waals surface area (Å²) in [4.78, 5) is 23.6. The van der Waals surface area contributed by atoms with Crippen molar-refractivity contribution in [1.82, 2.24) is 34.4 Å². The Labute approximate surface area is 239 Å². The molecule has 1 saturated carbocycles. The maximum atomic E-state index is 13.5. The zero-order valence-corrected chi connectivity index (χ0v) is 24.3. The molecule has 2 aliphatic rings. The van der Waals surface area contributed by atoms with Gasteiger partial charge in [0.2, 0.25) is 15.2 Å². The normalized spacial score (nSPS) is 18.4. The molecule has 6 rings (SSSR count). The molecule has 15 heteroatoms. The van der Waals surface area contributed by atoms with Crippen LogP contribution in [0.5, 0.6) is 0 Å². The average molecular weight is 606 g/mol. The minimum atomic E-state index is -3.85. The molecule has 0 radical (unpaired) electrons. The molecule has 218 valence electrons. The molecule has 4 heterocycles. The summed E-state index contributed by atoms with van der Waals surface area (Å²) in [5.74, 6) is -0.0729. The molecular weight excluding hydrogens is 576 g/mol. The number of aromatic nitrogens is 5. The molecular formula is C26H29F2N7O4S2. The zero-order valence-electron chi connectivity index (χ0n) is 22.7. The first-order valence-electron chi connectivity index (χ1n) is 13.3. The van der Waals surface area contributed by atoms with Gasteiger partial charge in [-0.25, -0.2) is 31.9 Å². The van der Waals surface area contributed by atoms with E-state index in [4.69, 9.17) is 4.74 Å². The third kappa shape index (κ3) is 5.08. The quantitative estimate of drug-likeness (QED) is 0.320. The molecule has 1 N–H and O–H groups in total. The Morgan fingerprint density at radius 1 is 1.20 bits per heavy atom. The van der Waals surface area contributed by atoms with Crippen LogP contribution in [0.4, 0.5) is 8.78 Å². The highest BCUT2D eigenvalue weighted by Crippen LogP contribution is 2.40. The molecule has 3 aromatic heterocycles. The van der Waals surface area contributed by atoms with Crippen LogP contribution in [0.1, 0.15) is 62.6 Å². The van der Waals surface area contributed by atoms with Crippen LogP contribution in [0.25, 0.3) is 27.1 Å². The van der Waals surface area contributed by atoms with Crippen molar-refractivity contribution in [3.63, 3.8) is 0 Å². The van der Waals surface area contributed by atoms with Gasteiger partial charge in [-0.2, -0.15) is 0 Å². The second-order valence-corrected chi connectivity index (χ2v) is 13.5. The number of nitrogens with one attached hydrogen (secondary N) is 1. The molecule has 1 aliphatic heterocycles. The van der Waals surface area contributed by atoms with Crippen molar-refractivity contribution in [3.8, 4) is 5.13 Å². The van der Waals surface area contributed by atoms with Gasteiger partial charge in [0.05, 0.1) is 16.1 Å². The number of hydrogen-bond acceptors (Lipinski definition) is 9. The average Bonchev–Trinajstić information content (AvgIpc) is 3.34. The number of likely N-dealkylation sites (tertiary alicyclic amines) is 1. The van der Waals surface area contributed by atoms with E-state index in [1.165, 1.54) is 25.6 Å². The van der Waals surface area contributed by atoms with Gasteiger partial charge < -0.3 is 9.64 Å². The Morgan fingerprint density at radius 2 is 1.93 bits per heavy atom. The molecule has 2 fully saturated rings. The number of hydrogen-bond donors (Lipinski definition) is 1. The number of amides is 1. The van der Waals surface area contributed by atoms with Crippen LogP contribution in [0.2, 0.25) is 0 Å². The number of methoxy groups -OCH3 is 1. The van der Waals surface area contributed by atoms with Crippen molar-refractivity contribution in [2.75, 3.05) is 20.2 Å². The molecule has 4 aromatic rings. The fourth-order valence-electron chi connectivity index (χ4n) is 5.32. The van der Waals surface area contributed by atoms with Crippen LogP contribution in [-0.4, -0.2) is 75.8 Å². The van der Waals surface area contributed by atoms with Crippen molar-refractivity contribution < 1.29 is 26.7 Å². The minimum absolute atomic E-state index is 0.00705. The monoisotopic (exact) mass is 605 g/mol. The molecule has 1 saturated heterocycles. The smallest absolute Gasteiger partial charge is 0.291 e. The predicted molar refractivity (Wildman–Crippen MR) is 148 cm³/mol. The minimum Gasteiger partial charge on any atom is -0.372 e. The van der Waals surface area contributed by atoms with Crippen LogP contribution in [0.3, 0.4) is 0 Å². The van der Waals surface area contributed by atoms with Gasteiger partial charge in [-0.3, -0.25) is 9.36 Å². The number of piperidine rings is 1. The molecule has 0 spiro atoms. The highest BCUT2D eigenvalue weighted by atomic mass is 32.2. The lowest BCUT2D eigenvalue weighted by atomic mass is 9.91. The molecule has 0 bridgehead atoms. The lowest BCUT2D eigenvalue weighted by Gasteiger charge is -2.33. The number of benzene rings is 1. The maximum Gasteiger partial charge on any atom is 0.291 e. The van der Waals surface area contributed by atoms with Crippen LogP contribution < -0.4 is 4.72 Å². The molecule has 11 nitrogen and oxygen atoms in total. The topological polar surface area (TPSA) is 132 Å². The van der Waals surface area contributed by atoms with Crippen LogP contribution in [-0.2, 0) is 19.6 Å². The molecule has 1 unspecified atom stereocenters. The second-order valence-electron chi connectivity index (χ2n) is 10.8. The Balaban J connectivity index is 1.47. The lowest BCUT2D eigenvalue weighted by Crippen LogP contribution is -2.43. The molecule has 1 aliphatic carbocycles. The van der Waals surface area contributed by atoms with Gasteiger partial charge in [0.25, 0.3) is 12.3 Å². The van der Waals surface area contributed by atoms with Gasteiger partial charge in [-0.15, -0.1) is 10.2 Å². The fraction of sp³-hybridized carbons (Fsp3) is 0.500. The number of ether oxygens (including phenoxy) is 1. The number of fused-ring (bicyclic) bond motifs is 3. The number of carbonyl (C=O) groups is 1. The van der Waals surface area contributed by atoms with E-state index < -0.39 is 33.1 Å². The van der Waals surface area contributed by atoms with Gasteiger partial charge in [0.15, 0.2) is 10.7 Å². The summed E-state index contributed by atoms with van der Waals surface area (Å²) in [6.07, 6.45) is 0.914. The van der Waals surface area contributed by atoms with E-state index in [0.717, 1.165) is 29.9 Å². The summed E-state index contributed by atoms with van der Waals surface area (Å²) in [5, 5.41) is 8.72. The molecule has 41 heavy (non-hydrogen) atoms. The Hall–Kier alpha value is -3.14. The highest BCUT2D eigenvalue weighted by Gasteiger charge is 2.41. The number of sulfonamides is 1. The van der Waals surface area contributed by atoms with Gasteiger partial charge >= 0.3 is 0 Å². The summed E-state index contributed by atoms with van der Waals surface area (Å²) in [6, 6.07) is 4.76. The number of halogens is 2. The standard InChI is InChI=1S/C26H29F2N7O4S2/c1-14(39-3)24(36)34-10-6-15(7-11-34)20-19-17-5-4-16(41(37,38)33-26(2)8-9-26)12-18(17)35(22(19)30-13-29-20)25-32-31-23(40-25)21(27)28/h4-5,12-15,21,33H,6-11H2,1-3H3. The maximum absolute atomic E-state index is 13.5. The van der Waals surface area contributed by atoms with E-state index in [9.17, 15) is 22.0 Å². The number of rotatable bonds is 8. The number of alkyl halides is 2. The van der Waals surface area contributed by atoms with Crippen molar-refractivity contribution in [1.29, 1.82) is 0 Å². The van der Waals surface area contributed by atoms with Crippen LogP contribution >= 0.6 is 11.3 Å². The van der Waals surface area contributed by atoms with E-state index >= 15 is 0 Å². The third-order valence-electron chi connectivity index (χ3n) is 7.94. The Morgan fingerprint density at radius 3 is 2.56 bits per heavy atom. The summed E-state index contributed by atoms with van der Waals surface area (Å²) in [7, 11) is -2.34. The van der Waals surface area contributed by atoms with Gasteiger partial charge in [0, 0.05) is 42.4 Å². The fourth-order valence-corrected chi connectivity index (χ4v) is 7.52.